The highest BCUT2D eigenvalue weighted by Gasteiger charge is 2.08. The summed E-state index contributed by atoms with van der Waals surface area (Å²) in [5.74, 6) is 0. The Morgan fingerprint density at radius 2 is 2.00 bits per heavy atom. The SMILES string of the molecule is CCCCNC(=O)NCC(O)c1ccccc1. The monoisotopic (exact) mass is 236 g/mol. The first-order valence-electron chi connectivity index (χ1n) is 5.98. The number of aliphatic hydroxyl groups is 1. The van der Waals surface area contributed by atoms with Crippen LogP contribution in [-0.4, -0.2) is 24.2 Å². The number of amides is 2. The summed E-state index contributed by atoms with van der Waals surface area (Å²) in [5, 5.41) is 15.2. The second-order valence-electron chi connectivity index (χ2n) is 3.92. The van der Waals surface area contributed by atoms with Gasteiger partial charge in [0.1, 0.15) is 0 Å². The van der Waals surface area contributed by atoms with Gasteiger partial charge in [-0.15, -0.1) is 0 Å². The number of aliphatic hydroxyl groups excluding tert-OH is 1. The summed E-state index contributed by atoms with van der Waals surface area (Å²) in [7, 11) is 0. The highest BCUT2D eigenvalue weighted by molar-refractivity contribution is 5.73. The fourth-order valence-electron chi connectivity index (χ4n) is 1.42. The third-order valence-electron chi connectivity index (χ3n) is 2.46. The van der Waals surface area contributed by atoms with E-state index in [1.54, 1.807) is 0 Å². The van der Waals surface area contributed by atoms with Crippen molar-refractivity contribution in [2.24, 2.45) is 0 Å². The molecule has 0 aromatic heterocycles. The largest absolute Gasteiger partial charge is 0.387 e. The predicted octanol–water partition coefficient (Wildman–Crippen LogP) is 1.82. The number of urea groups is 1. The third kappa shape index (κ3) is 5.36. The first-order chi connectivity index (χ1) is 8.24. The molecule has 17 heavy (non-hydrogen) atoms. The van der Waals surface area contributed by atoms with Crippen molar-refractivity contribution in [3.8, 4) is 0 Å². The van der Waals surface area contributed by atoms with Gasteiger partial charge < -0.3 is 15.7 Å². The van der Waals surface area contributed by atoms with Gasteiger partial charge in [0.25, 0.3) is 0 Å². The average molecular weight is 236 g/mol. The number of rotatable bonds is 6. The fourth-order valence-corrected chi connectivity index (χ4v) is 1.42. The topological polar surface area (TPSA) is 61.4 Å². The molecule has 1 aromatic carbocycles. The summed E-state index contributed by atoms with van der Waals surface area (Å²) in [4.78, 5) is 11.3. The standard InChI is InChI=1S/C13H20N2O2/c1-2-3-9-14-13(17)15-10-12(16)11-7-5-4-6-8-11/h4-8,12,16H,2-3,9-10H2,1H3,(H2,14,15,17). The normalized spacial score (nSPS) is 11.9. The van der Waals surface area contributed by atoms with E-state index >= 15 is 0 Å². The van der Waals surface area contributed by atoms with E-state index in [1.165, 1.54) is 0 Å². The van der Waals surface area contributed by atoms with Crippen LogP contribution in [0.15, 0.2) is 30.3 Å². The van der Waals surface area contributed by atoms with Crippen molar-refractivity contribution in [3.05, 3.63) is 35.9 Å². The first kappa shape index (κ1) is 13.5. The van der Waals surface area contributed by atoms with E-state index in [0.29, 0.717) is 6.54 Å². The van der Waals surface area contributed by atoms with Crippen LogP contribution in [0.1, 0.15) is 31.4 Å². The van der Waals surface area contributed by atoms with E-state index in [0.717, 1.165) is 18.4 Å². The maximum absolute atomic E-state index is 11.3. The van der Waals surface area contributed by atoms with Crippen LogP contribution in [-0.2, 0) is 0 Å². The van der Waals surface area contributed by atoms with Crippen LogP contribution in [0.3, 0.4) is 0 Å². The molecule has 0 aliphatic heterocycles. The Balaban J connectivity index is 2.24. The summed E-state index contributed by atoms with van der Waals surface area (Å²) >= 11 is 0. The van der Waals surface area contributed by atoms with Crippen molar-refractivity contribution < 1.29 is 9.90 Å². The summed E-state index contributed by atoms with van der Waals surface area (Å²) < 4.78 is 0. The van der Waals surface area contributed by atoms with Crippen LogP contribution in [0.5, 0.6) is 0 Å². The second-order valence-corrected chi connectivity index (χ2v) is 3.92. The molecule has 94 valence electrons. The van der Waals surface area contributed by atoms with Crippen LogP contribution in [0.4, 0.5) is 4.79 Å². The van der Waals surface area contributed by atoms with Gasteiger partial charge in [0.05, 0.1) is 6.10 Å². The van der Waals surface area contributed by atoms with Crippen molar-refractivity contribution in [3.63, 3.8) is 0 Å². The zero-order valence-corrected chi connectivity index (χ0v) is 10.1. The quantitative estimate of drug-likeness (QED) is 0.660. The van der Waals surface area contributed by atoms with E-state index in [2.05, 4.69) is 17.6 Å². The molecule has 0 saturated heterocycles. The molecular weight excluding hydrogens is 216 g/mol. The minimum absolute atomic E-state index is 0.224. The number of unbranched alkanes of at least 4 members (excludes halogenated alkanes) is 1. The predicted molar refractivity (Wildman–Crippen MR) is 67.7 cm³/mol. The molecule has 0 aliphatic rings. The van der Waals surface area contributed by atoms with Crippen molar-refractivity contribution in [1.29, 1.82) is 0 Å². The number of hydrogen-bond acceptors (Lipinski definition) is 2. The molecule has 0 fully saturated rings. The maximum atomic E-state index is 11.3. The van der Waals surface area contributed by atoms with Gasteiger partial charge in [-0.3, -0.25) is 0 Å². The fraction of sp³-hybridized carbons (Fsp3) is 0.462. The maximum Gasteiger partial charge on any atom is 0.314 e. The van der Waals surface area contributed by atoms with E-state index in [4.69, 9.17) is 0 Å². The number of carbonyl (C=O) groups is 1. The van der Waals surface area contributed by atoms with Crippen LogP contribution < -0.4 is 10.6 Å². The van der Waals surface area contributed by atoms with E-state index < -0.39 is 6.10 Å². The van der Waals surface area contributed by atoms with Crippen molar-refractivity contribution >= 4 is 6.03 Å². The molecular formula is C13H20N2O2. The molecule has 1 aromatic rings. The van der Waals surface area contributed by atoms with Crippen LogP contribution >= 0.6 is 0 Å². The van der Waals surface area contributed by atoms with Gasteiger partial charge in [0, 0.05) is 13.1 Å². The Hall–Kier alpha value is -1.55. The molecule has 0 heterocycles. The van der Waals surface area contributed by atoms with Crippen LogP contribution in [0.25, 0.3) is 0 Å². The molecule has 3 N–H and O–H groups in total. The summed E-state index contributed by atoms with van der Waals surface area (Å²) in [6, 6.07) is 9.05. The van der Waals surface area contributed by atoms with E-state index in [9.17, 15) is 9.90 Å². The molecule has 4 heteroatoms. The summed E-state index contributed by atoms with van der Waals surface area (Å²) in [5.41, 5.74) is 0.807. The number of nitrogens with one attached hydrogen (secondary N) is 2. The van der Waals surface area contributed by atoms with Crippen molar-refractivity contribution in [2.45, 2.75) is 25.9 Å². The van der Waals surface area contributed by atoms with Gasteiger partial charge in [-0.25, -0.2) is 4.79 Å². The molecule has 0 aliphatic carbocycles. The Bertz CT molecular complexity index is 327. The molecule has 1 rings (SSSR count). The molecule has 0 spiro atoms. The lowest BCUT2D eigenvalue weighted by molar-refractivity contribution is 0.173. The van der Waals surface area contributed by atoms with Crippen LogP contribution in [0, 0.1) is 0 Å². The minimum Gasteiger partial charge on any atom is -0.387 e. The van der Waals surface area contributed by atoms with Crippen molar-refractivity contribution in [1.82, 2.24) is 10.6 Å². The lowest BCUT2D eigenvalue weighted by Crippen LogP contribution is -2.38. The lowest BCUT2D eigenvalue weighted by atomic mass is 10.1. The number of carbonyl (C=O) groups excluding carboxylic acids is 1. The molecule has 4 nitrogen and oxygen atoms in total. The summed E-state index contributed by atoms with van der Waals surface area (Å²) in [6.45, 7) is 2.96. The molecule has 0 radical (unpaired) electrons. The van der Waals surface area contributed by atoms with E-state index in [1.807, 2.05) is 30.3 Å². The Morgan fingerprint density at radius 3 is 2.65 bits per heavy atom. The number of benzene rings is 1. The molecule has 0 saturated carbocycles. The summed E-state index contributed by atoms with van der Waals surface area (Å²) in [6.07, 6.45) is 1.36. The minimum atomic E-state index is -0.659. The third-order valence-corrected chi connectivity index (χ3v) is 2.46. The molecule has 1 unspecified atom stereocenters. The zero-order valence-electron chi connectivity index (χ0n) is 10.1. The lowest BCUT2D eigenvalue weighted by Gasteiger charge is -2.12. The smallest absolute Gasteiger partial charge is 0.314 e. The van der Waals surface area contributed by atoms with Gasteiger partial charge >= 0.3 is 6.03 Å². The molecule has 2 amide bonds. The zero-order chi connectivity index (χ0) is 12.5. The second kappa shape index (κ2) is 7.68. The van der Waals surface area contributed by atoms with E-state index in [-0.39, 0.29) is 12.6 Å². The van der Waals surface area contributed by atoms with Gasteiger partial charge in [-0.1, -0.05) is 43.7 Å². The Morgan fingerprint density at radius 1 is 1.29 bits per heavy atom. The Labute approximate surface area is 102 Å². The average Bonchev–Trinajstić information content (AvgIpc) is 2.37. The van der Waals surface area contributed by atoms with Gasteiger partial charge in [-0.05, 0) is 12.0 Å². The highest BCUT2D eigenvalue weighted by atomic mass is 16.3. The Kier molecular flexibility index (Phi) is 6.10. The highest BCUT2D eigenvalue weighted by Crippen LogP contribution is 2.10. The van der Waals surface area contributed by atoms with Crippen molar-refractivity contribution in [2.75, 3.05) is 13.1 Å². The van der Waals surface area contributed by atoms with Gasteiger partial charge in [-0.2, -0.15) is 0 Å². The van der Waals surface area contributed by atoms with Gasteiger partial charge in [0.2, 0.25) is 0 Å². The molecule has 0 bridgehead atoms. The molecule has 1 atom stereocenters. The van der Waals surface area contributed by atoms with Gasteiger partial charge in [0.15, 0.2) is 0 Å². The number of hydrogen-bond donors (Lipinski definition) is 3. The first-order valence-corrected chi connectivity index (χ1v) is 5.98. The van der Waals surface area contributed by atoms with Crippen LogP contribution in [0.2, 0.25) is 0 Å².